The average Bonchev–Trinajstić information content (AvgIpc) is 3.29. The van der Waals surface area contributed by atoms with E-state index in [2.05, 4.69) is 20.8 Å². The molecule has 6 atom stereocenters. The molecule has 0 aromatic rings. The van der Waals surface area contributed by atoms with Gasteiger partial charge in [-0.15, -0.1) is 0 Å². The van der Waals surface area contributed by atoms with E-state index in [0.717, 1.165) is 25.9 Å². The van der Waals surface area contributed by atoms with Crippen LogP contribution >= 0.6 is 0 Å². The van der Waals surface area contributed by atoms with Crippen molar-refractivity contribution in [3.8, 4) is 0 Å². The van der Waals surface area contributed by atoms with Gasteiger partial charge in [0.25, 0.3) is 0 Å². The fraction of sp³-hybridized carbons (Fsp3) is 1.00. The van der Waals surface area contributed by atoms with Crippen LogP contribution in [0, 0.1) is 11.8 Å². The zero-order valence-electron chi connectivity index (χ0n) is 13.1. The van der Waals surface area contributed by atoms with Gasteiger partial charge in [0.2, 0.25) is 0 Å². The molecular formula is C16H28O4. The molecule has 2 aliphatic heterocycles. The first kappa shape index (κ1) is 14.8. The molecule has 3 rings (SSSR count). The summed E-state index contributed by atoms with van der Waals surface area (Å²) in [6.07, 6.45) is 3.69. The molecule has 3 fully saturated rings. The van der Waals surface area contributed by atoms with Crippen LogP contribution in [0.15, 0.2) is 0 Å². The zero-order chi connectivity index (χ0) is 14.5. The maximum absolute atomic E-state index is 10.3. The summed E-state index contributed by atoms with van der Waals surface area (Å²) in [6.45, 7) is 7.46. The lowest BCUT2D eigenvalue weighted by atomic mass is 9.68. The molecule has 0 aromatic carbocycles. The van der Waals surface area contributed by atoms with Crippen molar-refractivity contribution in [2.45, 2.75) is 76.0 Å². The van der Waals surface area contributed by atoms with E-state index in [0.29, 0.717) is 12.0 Å². The second-order valence-electron chi connectivity index (χ2n) is 7.40. The van der Waals surface area contributed by atoms with Gasteiger partial charge in [0.15, 0.2) is 0 Å². The highest BCUT2D eigenvalue weighted by molar-refractivity contribution is 5.19. The molecule has 1 spiro atoms. The Morgan fingerprint density at radius 2 is 2.10 bits per heavy atom. The molecule has 0 aromatic heterocycles. The first-order chi connectivity index (χ1) is 9.43. The minimum atomic E-state index is -0.397. The summed E-state index contributed by atoms with van der Waals surface area (Å²) < 4.78 is 17.5. The predicted molar refractivity (Wildman–Crippen MR) is 75.6 cm³/mol. The number of ether oxygens (including phenoxy) is 3. The third kappa shape index (κ3) is 2.31. The summed E-state index contributed by atoms with van der Waals surface area (Å²) in [5, 5.41) is 10.3. The monoisotopic (exact) mass is 284 g/mol. The van der Waals surface area contributed by atoms with Crippen LogP contribution in [0.4, 0.5) is 0 Å². The van der Waals surface area contributed by atoms with E-state index >= 15 is 0 Å². The van der Waals surface area contributed by atoms with E-state index < -0.39 is 6.10 Å². The molecule has 4 heteroatoms. The van der Waals surface area contributed by atoms with Crippen molar-refractivity contribution in [3.63, 3.8) is 0 Å². The largest absolute Gasteiger partial charge is 0.390 e. The standard InChI is InChI=1S/C16H28O4/c1-10(2)5-6-12-15(3,20-12)14-13(18-4)11(17)7-8-16(14)9-19-16/h10-14,17H,5-9H2,1-4H3/t11-,12-,13?,14-,15+,16+/m1/s1. The molecule has 1 saturated carbocycles. The Bertz CT molecular complexity index is 365. The SMILES string of the molecule is COC1[C@H](O)CC[C@]2(CO2)[C@H]1[C@@]1(C)O[C@@H]1CCC(C)C. The maximum Gasteiger partial charge on any atom is 0.100 e. The Balaban J connectivity index is 1.73. The van der Waals surface area contributed by atoms with E-state index in [1.807, 2.05) is 0 Å². The summed E-state index contributed by atoms with van der Waals surface area (Å²) in [7, 11) is 1.69. The topological polar surface area (TPSA) is 54.5 Å². The van der Waals surface area contributed by atoms with Gasteiger partial charge >= 0.3 is 0 Å². The van der Waals surface area contributed by atoms with E-state index in [-0.39, 0.29) is 23.2 Å². The highest BCUT2D eigenvalue weighted by Crippen LogP contribution is 2.59. The fourth-order valence-corrected chi connectivity index (χ4v) is 4.17. The summed E-state index contributed by atoms with van der Waals surface area (Å²) in [5.74, 6) is 0.852. The molecular weight excluding hydrogens is 256 g/mol. The number of aliphatic hydroxyl groups is 1. The third-order valence-corrected chi connectivity index (χ3v) is 5.53. The van der Waals surface area contributed by atoms with Crippen molar-refractivity contribution in [1.29, 1.82) is 0 Å². The van der Waals surface area contributed by atoms with Gasteiger partial charge in [0, 0.05) is 7.11 Å². The van der Waals surface area contributed by atoms with E-state index in [4.69, 9.17) is 14.2 Å². The maximum atomic E-state index is 10.3. The fourth-order valence-electron chi connectivity index (χ4n) is 4.17. The number of aliphatic hydroxyl groups excluding tert-OH is 1. The van der Waals surface area contributed by atoms with Gasteiger partial charge in [-0.05, 0) is 38.5 Å². The lowest BCUT2D eigenvalue weighted by molar-refractivity contribution is -0.116. The van der Waals surface area contributed by atoms with Crippen molar-refractivity contribution in [1.82, 2.24) is 0 Å². The van der Waals surface area contributed by atoms with Crippen molar-refractivity contribution >= 4 is 0 Å². The minimum absolute atomic E-state index is 0.0960. The molecule has 3 aliphatic rings. The number of rotatable bonds is 5. The Kier molecular flexibility index (Phi) is 3.65. The van der Waals surface area contributed by atoms with Crippen LogP contribution in [0.3, 0.4) is 0 Å². The van der Waals surface area contributed by atoms with E-state index in [1.54, 1.807) is 7.11 Å². The Hall–Kier alpha value is -0.160. The number of methoxy groups -OCH3 is 1. The number of hydrogen-bond donors (Lipinski definition) is 1. The highest BCUT2D eigenvalue weighted by atomic mass is 16.6. The lowest BCUT2D eigenvalue weighted by Gasteiger charge is -2.41. The summed E-state index contributed by atoms with van der Waals surface area (Å²) in [6, 6.07) is 0. The molecule has 4 nitrogen and oxygen atoms in total. The van der Waals surface area contributed by atoms with Crippen LogP contribution in [0.5, 0.6) is 0 Å². The molecule has 116 valence electrons. The first-order valence-electron chi connectivity index (χ1n) is 7.95. The summed E-state index contributed by atoms with van der Waals surface area (Å²) >= 11 is 0. The first-order valence-corrected chi connectivity index (χ1v) is 7.95. The van der Waals surface area contributed by atoms with Crippen LogP contribution in [-0.4, -0.2) is 48.3 Å². The van der Waals surface area contributed by atoms with Gasteiger partial charge < -0.3 is 19.3 Å². The van der Waals surface area contributed by atoms with Gasteiger partial charge in [0.1, 0.15) is 5.60 Å². The van der Waals surface area contributed by atoms with Gasteiger partial charge in [-0.1, -0.05) is 13.8 Å². The van der Waals surface area contributed by atoms with Gasteiger partial charge in [0.05, 0.1) is 36.4 Å². The molecule has 0 radical (unpaired) electrons. The van der Waals surface area contributed by atoms with Crippen LogP contribution in [-0.2, 0) is 14.2 Å². The second-order valence-corrected chi connectivity index (χ2v) is 7.40. The zero-order valence-corrected chi connectivity index (χ0v) is 13.1. The third-order valence-electron chi connectivity index (χ3n) is 5.53. The van der Waals surface area contributed by atoms with E-state index in [9.17, 15) is 5.11 Å². The average molecular weight is 284 g/mol. The van der Waals surface area contributed by atoms with E-state index in [1.165, 1.54) is 6.42 Å². The van der Waals surface area contributed by atoms with Crippen molar-refractivity contribution in [2.75, 3.05) is 13.7 Å². The molecule has 0 bridgehead atoms. The summed E-state index contributed by atoms with van der Waals surface area (Å²) in [5.41, 5.74) is -0.283. The molecule has 2 heterocycles. The normalized spacial score (nSPS) is 50.7. The second kappa shape index (κ2) is 4.94. The van der Waals surface area contributed by atoms with Crippen LogP contribution in [0.2, 0.25) is 0 Å². The summed E-state index contributed by atoms with van der Waals surface area (Å²) in [4.78, 5) is 0. The number of hydrogen-bond acceptors (Lipinski definition) is 4. The van der Waals surface area contributed by atoms with Crippen LogP contribution < -0.4 is 0 Å². The lowest BCUT2D eigenvalue weighted by Crippen LogP contribution is -2.54. The van der Waals surface area contributed by atoms with Crippen LogP contribution in [0.25, 0.3) is 0 Å². The molecule has 0 amide bonds. The molecule has 2 saturated heterocycles. The van der Waals surface area contributed by atoms with Gasteiger partial charge in [-0.3, -0.25) is 0 Å². The van der Waals surface area contributed by atoms with Crippen LogP contribution in [0.1, 0.15) is 46.5 Å². The Labute approximate surface area is 121 Å². The highest BCUT2D eigenvalue weighted by Gasteiger charge is 2.71. The van der Waals surface area contributed by atoms with Gasteiger partial charge in [-0.2, -0.15) is 0 Å². The Morgan fingerprint density at radius 1 is 1.40 bits per heavy atom. The number of epoxide rings is 2. The quantitative estimate of drug-likeness (QED) is 0.786. The smallest absolute Gasteiger partial charge is 0.100 e. The predicted octanol–water partition coefficient (Wildman–Crippen LogP) is 2.13. The Morgan fingerprint density at radius 3 is 2.65 bits per heavy atom. The van der Waals surface area contributed by atoms with Crippen molar-refractivity contribution < 1.29 is 19.3 Å². The van der Waals surface area contributed by atoms with Crippen molar-refractivity contribution in [3.05, 3.63) is 0 Å². The molecule has 1 N–H and O–H groups in total. The minimum Gasteiger partial charge on any atom is -0.390 e. The van der Waals surface area contributed by atoms with Gasteiger partial charge in [-0.25, -0.2) is 0 Å². The molecule has 1 unspecified atom stereocenters. The van der Waals surface area contributed by atoms with Crippen molar-refractivity contribution in [2.24, 2.45) is 11.8 Å². The molecule has 20 heavy (non-hydrogen) atoms. The molecule has 1 aliphatic carbocycles.